The molecule has 0 aliphatic heterocycles. The molecule has 3 rings (SSSR count). The molecular weight excluding hydrogens is 330 g/mol. The van der Waals surface area contributed by atoms with E-state index in [-0.39, 0.29) is 11.8 Å². The number of hydrogen-bond acceptors (Lipinski definition) is 6. The summed E-state index contributed by atoms with van der Waals surface area (Å²) in [4.78, 5) is 14.2. The molecule has 5 nitrogen and oxygen atoms in total. The summed E-state index contributed by atoms with van der Waals surface area (Å²) in [5.41, 5.74) is 0.778. The summed E-state index contributed by atoms with van der Waals surface area (Å²) in [7, 11) is 0. The highest BCUT2D eigenvalue weighted by molar-refractivity contribution is 7.10. The van der Waals surface area contributed by atoms with E-state index in [2.05, 4.69) is 27.9 Å². The Morgan fingerprint density at radius 1 is 1.39 bits per heavy atom. The van der Waals surface area contributed by atoms with Crippen LogP contribution in [0.2, 0.25) is 0 Å². The Morgan fingerprint density at radius 2 is 2.30 bits per heavy atom. The van der Waals surface area contributed by atoms with Crippen LogP contribution in [0, 0.1) is 0 Å². The van der Waals surface area contributed by atoms with Crippen molar-refractivity contribution in [2.45, 2.75) is 25.7 Å². The molecule has 0 saturated carbocycles. The first-order chi connectivity index (χ1) is 11.3. The number of furan rings is 1. The second-order valence-corrected chi connectivity index (χ2v) is 6.83. The molecule has 1 amide bonds. The van der Waals surface area contributed by atoms with E-state index in [1.165, 1.54) is 0 Å². The number of rotatable bonds is 7. The average molecular weight is 347 g/mol. The van der Waals surface area contributed by atoms with E-state index in [1.54, 1.807) is 17.6 Å². The number of amides is 1. The molecular formula is C16H17N3O2S2. The third kappa shape index (κ3) is 3.68. The highest BCUT2D eigenvalue weighted by atomic mass is 32.1. The number of aryl methyl sites for hydroxylation is 1. The lowest BCUT2D eigenvalue weighted by Gasteiger charge is -2.14. The Morgan fingerprint density at radius 3 is 3.00 bits per heavy atom. The lowest BCUT2D eigenvalue weighted by Crippen LogP contribution is -2.28. The van der Waals surface area contributed by atoms with Crippen LogP contribution < -0.4 is 5.32 Å². The fourth-order valence-corrected chi connectivity index (χ4v) is 3.84. The molecule has 0 aliphatic carbocycles. The van der Waals surface area contributed by atoms with Crippen molar-refractivity contribution in [2.24, 2.45) is 0 Å². The number of hydrogen-bond donors (Lipinski definition) is 1. The van der Waals surface area contributed by atoms with Crippen molar-refractivity contribution in [1.82, 2.24) is 14.9 Å². The molecule has 0 aromatic carbocycles. The molecule has 0 fully saturated rings. The van der Waals surface area contributed by atoms with Gasteiger partial charge in [0.15, 0.2) is 0 Å². The zero-order valence-electron chi connectivity index (χ0n) is 12.7. The fraction of sp³-hybridized carbons (Fsp3) is 0.312. The van der Waals surface area contributed by atoms with E-state index < -0.39 is 0 Å². The molecule has 0 radical (unpaired) electrons. The van der Waals surface area contributed by atoms with Crippen LogP contribution >= 0.6 is 22.9 Å². The molecule has 0 spiro atoms. The SMILES string of the molecule is CCCc1nnsc1C(=O)NCC(c1ccco1)c1cccs1. The summed E-state index contributed by atoms with van der Waals surface area (Å²) in [6.45, 7) is 2.54. The van der Waals surface area contributed by atoms with Crippen molar-refractivity contribution in [3.8, 4) is 0 Å². The van der Waals surface area contributed by atoms with Gasteiger partial charge in [-0.15, -0.1) is 16.4 Å². The van der Waals surface area contributed by atoms with E-state index >= 15 is 0 Å². The van der Waals surface area contributed by atoms with Gasteiger partial charge in [0.2, 0.25) is 0 Å². The predicted molar refractivity (Wildman–Crippen MR) is 91.1 cm³/mol. The summed E-state index contributed by atoms with van der Waals surface area (Å²) < 4.78 is 9.44. The first kappa shape index (κ1) is 15.9. The molecule has 120 valence electrons. The van der Waals surface area contributed by atoms with Gasteiger partial charge in [0.25, 0.3) is 5.91 Å². The number of thiophene rings is 1. The summed E-state index contributed by atoms with van der Waals surface area (Å²) in [5.74, 6) is 0.755. The van der Waals surface area contributed by atoms with Crippen molar-refractivity contribution < 1.29 is 9.21 Å². The molecule has 3 aromatic heterocycles. The summed E-state index contributed by atoms with van der Waals surface area (Å²) >= 11 is 2.81. The molecule has 0 bridgehead atoms. The van der Waals surface area contributed by atoms with E-state index in [0.29, 0.717) is 11.4 Å². The van der Waals surface area contributed by atoms with E-state index in [9.17, 15) is 4.79 Å². The van der Waals surface area contributed by atoms with Gasteiger partial charge in [-0.1, -0.05) is 23.9 Å². The number of carbonyl (C=O) groups is 1. The summed E-state index contributed by atoms with van der Waals surface area (Å²) in [6, 6.07) is 7.86. The molecule has 3 heterocycles. The van der Waals surface area contributed by atoms with Gasteiger partial charge in [0.1, 0.15) is 10.6 Å². The van der Waals surface area contributed by atoms with Crippen LogP contribution in [0.1, 0.15) is 45.3 Å². The molecule has 1 atom stereocenters. The Hall–Kier alpha value is -1.99. The maximum atomic E-state index is 12.4. The number of nitrogens with one attached hydrogen (secondary N) is 1. The molecule has 7 heteroatoms. The average Bonchev–Trinajstić information content (AvgIpc) is 3.30. The third-order valence-electron chi connectivity index (χ3n) is 3.49. The maximum Gasteiger partial charge on any atom is 0.264 e. The second-order valence-electron chi connectivity index (χ2n) is 5.09. The Bertz CT molecular complexity index is 701. The number of carbonyl (C=O) groups excluding carboxylic acids is 1. The zero-order valence-corrected chi connectivity index (χ0v) is 14.3. The van der Waals surface area contributed by atoms with Crippen LogP contribution in [0.3, 0.4) is 0 Å². The molecule has 1 unspecified atom stereocenters. The van der Waals surface area contributed by atoms with Crippen molar-refractivity contribution in [3.63, 3.8) is 0 Å². The van der Waals surface area contributed by atoms with Gasteiger partial charge in [-0.25, -0.2) is 0 Å². The van der Waals surface area contributed by atoms with Gasteiger partial charge in [0, 0.05) is 11.4 Å². The van der Waals surface area contributed by atoms with Crippen LogP contribution in [0.25, 0.3) is 0 Å². The maximum absolute atomic E-state index is 12.4. The van der Waals surface area contributed by atoms with E-state index in [4.69, 9.17) is 4.42 Å². The van der Waals surface area contributed by atoms with Crippen molar-refractivity contribution in [1.29, 1.82) is 0 Å². The Kier molecular flexibility index (Phi) is 5.19. The second kappa shape index (κ2) is 7.52. The molecule has 0 saturated heterocycles. The van der Waals surface area contributed by atoms with Gasteiger partial charge < -0.3 is 9.73 Å². The number of aromatic nitrogens is 2. The van der Waals surface area contributed by atoms with Crippen LogP contribution in [0.5, 0.6) is 0 Å². The van der Waals surface area contributed by atoms with Crippen molar-refractivity contribution in [3.05, 3.63) is 57.1 Å². The highest BCUT2D eigenvalue weighted by Gasteiger charge is 2.21. The van der Waals surface area contributed by atoms with Crippen LogP contribution in [-0.2, 0) is 6.42 Å². The van der Waals surface area contributed by atoms with Crippen LogP contribution in [0.4, 0.5) is 0 Å². The lowest BCUT2D eigenvalue weighted by atomic mass is 10.0. The summed E-state index contributed by atoms with van der Waals surface area (Å²) in [6.07, 6.45) is 3.37. The van der Waals surface area contributed by atoms with Gasteiger partial charge in [0.05, 0.1) is 17.9 Å². The summed E-state index contributed by atoms with van der Waals surface area (Å²) in [5, 5.41) is 9.07. The van der Waals surface area contributed by atoms with Gasteiger partial charge in [-0.05, 0) is 41.5 Å². The lowest BCUT2D eigenvalue weighted by molar-refractivity contribution is 0.0955. The minimum Gasteiger partial charge on any atom is -0.469 e. The standard InChI is InChI=1S/C16H17N3O2S2/c1-2-5-12-15(23-19-18-12)16(20)17-10-11(13-6-3-8-21-13)14-7-4-9-22-14/h3-4,6-9,11H,2,5,10H2,1H3,(H,17,20). The first-order valence-corrected chi connectivity index (χ1v) is 9.11. The van der Waals surface area contributed by atoms with Crippen LogP contribution in [-0.4, -0.2) is 22.0 Å². The molecule has 3 aromatic rings. The molecule has 1 N–H and O–H groups in total. The Labute approximate surface area is 142 Å². The smallest absolute Gasteiger partial charge is 0.264 e. The van der Waals surface area contributed by atoms with E-state index in [0.717, 1.165) is 40.7 Å². The topological polar surface area (TPSA) is 68.0 Å². The van der Waals surface area contributed by atoms with E-state index in [1.807, 2.05) is 23.6 Å². The Balaban J connectivity index is 1.72. The molecule has 23 heavy (non-hydrogen) atoms. The van der Waals surface area contributed by atoms with Crippen LogP contribution in [0.15, 0.2) is 40.3 Å². The minimum atomic E-state index is -0.114. The third-order valence-corrected chi connectivity index (χ3v) is 5.24. The first-order valence-electron chi connectivity index (χ1n) is 7.45. The van der Waals surface area contributed by atoms with Gasteiger partial charge in [-0.2, -0.15) is 0 Å². The molecule has 0 aliphatic rings. The fourth-order valence-electron chi connectivity index (χ4n) is 2.38. The monoisotopic (exact) mass is 347 g/mol. The van der Waals surface area contributed by atoms with Crippen molar-refractivity contribution >= 4 is 28.8 Å². The minimum absolute atomic E-state index is 0.0180. The highest BCUT2D eigenvalue weighted by Crippen LogP contribution is 2.28. The normalized spacial score (nSPS) is 12.2. The van der Waals surface area contributed by atoms with Gasteiger partial charge in [-0.3, -0.25) is 4.79 Å². The van der Waals surface area contributed by atoms with Crippen molar-refractivity contribution in [2.75, 3.05) is 6.54 Å². The largest absolute Gasteiger partial charge is 0.469 e. The predicted octanol–water partition coefficient (Wildman–Crippen LogP) is 3.71. The quantitative estimate of drug-likeness (QED) is 0.707. The van der Waals surface area contributed by atoms with Gasteiger partial charge >= 0.3 is 0 Å². The zero-order chi connectivity index (χ0) is 16.1. The number of nitrogens with zero attached hydrogens (tertiary/aromatic N) is 2.